The van der Waals surface area contributed by atoms with E-state index in [9.17, 15) is 18.0 Å². The molecule has 0 bridgehead atoms. The SMILES string of the molecule is Cc1cccc(C(=O)OCC(=O)N(C2CCCC2)C2CCS(=O)(=O)C2)c1C. The van der Waals surface area contributed by atoms with E-state index in [-0.39, 0.29) is 36.1 Å². The molecule has 1 aromatic carbocycles. The lowest BCUT2D eigenvalue weighted by Crippen LogP contribution is -2.48. The summed E-state index contributed by atoms with van der Waals surface area (Å²) in [4.78, 5) is 27.0. The second kappa shape index (κ2) is 8.00. The van der Waals surface area contributed by atoms with E-state index in [1.807, 2.05) is 19.9 Å². The van der Waals surface area contributed by atoms with Crippen LogP contribution >= 0.6 is 0 Å². The van der Waals surface area contributed by atoms with Crippen molar-refractivity contribution in [2.75, 3.05) is 18.1 Å². The molecule has 1 amide bonds. The number of aryl methyl sites for hydroxylation is 1. The van der Waals surface area contributed by atoms with Crippen LogP contribution in [0, 0.1) is 13.8 Å². The quantitative estimate of drug-likeness (QED) is 0.718. The third-order valence-electron chi connectivity index (χ3n) is 5.76. The Kier molecular flexibility index (Phi) is 5.89. The van der Waals surface area contributed by atoms with Crippen molar-refractivity contribution in [2.24, 2.45) is 0 Å². The lowest BCUT2D eigenvalue weighted by atomic mass is 10.0. The minimum atomic E-state index is -3.09. The molecule has 1 saturated carbocycles. The second-order valence-corrected chi connectivity index (χ2v) is 9.85. The van der Waals surface area contributed by atoms with Crippen molar-refractivity contribution in [2.45, 2.75) is 58.0 Å². The maximum Gasteiger partial charge on any atom is 0.338 e. The molecule has 6 nitrogen and oxygen atoms in total. The van der Waals surface area contributed by atoms with Crippen molar-refractivity contribution in [3.63, 3.8) is 0 Å². The lowest BCUT2D eigenvalue weighted by molar-refractivity contribution is -0.139. The highest BCUT2D eigenvalue weighted by Gasteiger charge is 2.39. The smallest absolute Gasteiger partial charge is 0.338 e. The van der Waals surface area contributed by atoms with Crippen molar-refractivity contribution in [3.05, 3.63) is 34.9 Å². The van der Waals surface area contributed by atoms with Crippen LogP contribution in [0.15, 0.2) is 18.2 Å². The Morgan fingerprint density at radius 1 is 1.11 bits per heavy atom. The third kappa shape index (κ3) is 4.51. The number of hydrogen-bond donors (Lipinski definition) is 0. The van der Waals surface area contributed by atoms with E-state index >= 15 is 0 Å². The molecule has 1 saturated heterocycles. The van der Waals surface area contributed by atoms with Gasteiger partial charge in [-0.15, -0.1) is 0 Å². The van der Waals surface area contributed by atoms with Gasteiger partial charge in [0, 0.05) is 12.1 Å². The van der Waals surface area contributed by atoms with Crippen LogP contribution in [0.2, 0.25) is 0 Å². The van der Waals surface area contributed by atoms with E-state index in [0.717, 1.165) is 36.8 Å². The third-order valence-corrected chi connectivity index (χ3v) is 7.51. The molecule has 148 valence electrons. The van der Waals surface area contributed by atoms with Gasteiger partial charge in [-0.25, -0.2) is 13.2 Å². The number of benzene rings is 1. The fraction of sp³-hybridized carbons (Fsp3) is 0.600. The van der Waals surface area contributed by atoms with Gasteiger partial charge in [0.2, 0.25) is 0 Å². The predicted octanol–water partition coefficient (Wildman–Crippen LogP) is 2.42. The Labute approximate surface area is 160 Å². The first-order chi connectivity index (χ1) is 12.8. The summed E-state index contributed by atoms with van der Waals surface area (Å²) in [6.45, 7) is 3.42. The molecule has 1 unspecified atom stereocenters. The molecule has 0 N–H and O–H groups in total. The Morgan fingerprint density at radius 3 is 2.44 bits per heavy atom. The molecule has 2 aliphatic rings. The van der Waals surface area contributed by atoms with Gasteiger partial charge >= 0.3 is 5.97 Å². The molecule has 1 aliphatic carbocycles. The molecule has 1 aromatic rings. The molecule has 0 radical (unpaired) electrons. The Balaban J connectivity index is 1.69. The van der Waals surface area contributed by atoms with E-state index in [4.69, 9.17) is 4.74 Å². The van der Waals surface area contributed by atoms with Gasteiger partial charge in [0.15, 0.2) is 16.4 Å². The van der Waals surface area contributed by atoms with E-state index in [2.05, 4.69) is 0 Å². The molecular formula is C20H27NO5S. The van der Waals surface area contributed by atoms with Crippen LogP contribution in [-0.2, 0) is 19.4 Å². The zero-order chi connectivity index (χ0) is 19.6. The highest BCUT2D eigenvalue weighted by atomic mass is 32.2. The fourth-order valence-electron chi connectivity index (χ4n) is 4.13. The van der Waals surface area contributed by atoms with Crippen LogP contribution < -0.4 is 0 Å². The number of sulfone groups is 1. The predicted molar refractivity (Wildman–Crippen MR) is 102 cm³/mol. The van der Waals surface area contributed by atoms with Gasteiger partial charge in [0.1, 0.15) is 0 Å². The Morgan fingerprint density at radius 2 is 1.81 bits per heavy atom. The number of carbonyl (C=O) groups is 2. The Bertz CT molecular complexity index is 827. The average molecular weight is 394 g/mol. The topological polar surface area (TPSA) is 80.8 Å². The summed E-state index contributed by atoms with van der Waals surface area (Å²) < 4.78 is 29.1. The van der Waals surface area contributed by atoms with Gasteiger partial charge in [0.25, 0.3) is 5.91 Å². The number of amides is 1. The van der Waals surface area contributed by atoms with Crippen LogP contribution in [0.5, 0.6) is 0 Å². The summed E-state index contributed by atoms with van der Waals surface area (Å²) in [6, 6.07) is 5.14. The minimum Gasteiger partial charge on any atom is -0.452 e. The van der Waals surface area contributed by atoms with E-state index < -0.39 is 15.8 Å². The summed E-state index contributed by atoms with van der Waals surface area (Å²) in [5, 5.41) is 0. The molecule has 0 aromatic heterocycles. The molecule has 27 heavy (non-hydrogen) atoms. The van der Waals surface area contributed by atoms with Gasteiger partial charge in [-0.1, -0.05) is 25.0 Å². The number of ether oxygens (including phenoxy) is 1. The normalized spacial score (nSPS) is 21.9. The van der Waals surface area contributed by atoms with Crippen LogP contribution in [0.4, 0.5) is 0 Å². The molecule has 2 fully saturated rings. The highest BCUT2D eigenvalue weighted by molar-refractivity contribution is 7.91. The second-order valence-electron chi connectivity index (χ2n) is 7.62. The van der Waals surface area contributed by atoms with Gasteiger partial charge < -0.3 is 9.64 Å². The van der Waals surface area contributed by atoms with Gasteiger partial charge in [-0.2, -0.15) is 0 Å². The summed E-state index contributed by atoms with van der Waals surface area (Å²) in [7, 11) is -3.09. The summed E-state index contributed by atoms with van der Waals surface area (Å²) in [6.07, 6.45) is 4.31. The zero-order valence-electron chi connectivity index (χ0n) is 15.9. The molecule has 3 rings (SSSR count). The summed E-state index contributed by atoms with van der Waals surface area (Å²) >= 11 is 0. The summed E-state index contributed by atoms with van der Waals surface area (Å²) in [5.41, 5.74) is 2.28. The summed E-state index contributed by atoms with van der Waals surface area (Å²) in [5.74, 6) is -0.672. The molecule has 1 aliphatic heterocycles. The van der Waals surface area contributed by atoms with Crippen LogP contribution in [0.25, 0.3) is 0 Å². The molecule has 1 heterocycles. The van der Waals surface area contributed by atoms with Crippen molar-refractivity contribution in [3.8, 4) is 0 Å². The van der Waals surface area contributed by atoms with Crippen molar-refractivity contribution >= 4 is 21.7 Å². The number of esters is 1. The van der Waals surface area contributed by atoms with E-state index in [0.29, 0.717) is 12.0 Å². The van der Waals surface area contributed by atoms with Gasteiger partial charge in [-0.05, 0) is 50.3 Å². The molecule has 1 atom stereocenters. The standard InChI is InChI=1S/C20H27NO5S/c1-14-6-5-9-18(15(14)2)20(23)26-12-19(22)21(16-7-3-4-8-16)17-10-11-27(24,25)13-17/h5-6,9,16-17H,3-4,7-8,10-13H2,1-2H3. The van der Waals surface area contributed by atoms with Crippen molar-refractivity contribution in [1.29, 1.82) is 0 Å². The zero-order valence-corrected chi connectivity index (χ0v) is 16.8. The van der Waals surface area contributed by atoms with Crippen molar-refractivity contribution in [1.82, 2.24) is 4.90 Å². The number of carbonyl (C=O) groups excluding carboxylic acids is 2. The van der Waals surface area contributed by atoms with Crippen LogP contribution in [-0.4, -0.2) is 55.4 Å². The minimum absolute atomic E-state index is 0.0141. The largest absolute Gasteiger partial charge is 0.452 e. The molecule has 0 spiro atoms. The van der Waals surface area contributed by atoms with E-state index in [1.165, 1.54) is 0 Å². The molecule has 7 heteroatoms. The lowest BCUT2D eigenvalue weighted by Gasteiger charge is -2.33. The van der Waals surface area contributed by atoms with E-state index in [1.54, 1.807) is 17.0 Å². The average Bonchev–Trinajstić information content (AvgIpc) is 3.25. The first-order valence-corrected chi connectivity index (χ1v) is 11.4. The molecular weight excluding hydrogens is 366 g/mol. The maximum absolute atomic E-state index is 12.9. The maximum atomic E-state index is 12.9. The van der Waals surface area contributed by atoms with Gasteiger partial charge in [-0.3, -0.25) is 4.79 Å². The highest BCUT2D eigenvalue weighted by Crippen LogP contribution is 2.29. The number of nitrogens with zero attached hydrogens (tertiary/aromatic N) is 1. The first kappa shape index (κ1) is 19.9. The monoisotopic (exact) mass is 393 g/mol. The number of rotatable bonds is 5. The van der Waals surface area contributed by atoms with Crippen molar-refractivity contribution < 1.29 is 22.7 Å². The Hall–Kier alpha value is -1.89. The van der Waals surface area contributed by atoms with Gasteiger partial charge in [0.05, 0.1) is 17.1 Å². The van der Waals surface area contributed by atoms with Crippen LogP contribution in [0.1, 0.15) is 53.6 Å². The van der Waals surface area contributed by atoms with Crippen LogP contribution in [0.3, 0.4) is 0 Å². The fourth-order valence-corrected chi connectivity index (χ4v) is 5.85. The number of hydrogen-bond acceptors (Lipinski definition) is 5. The first-order valence-electron chi connectivity index (χ1n) is 9.53.